The van der Waals surface area contributed by atoms with Gasteiger partial charge in [0.2, 0.25) is 0 Å². The lowest BCUT2D eigenvalue weighted by molar-refractivity contribution is 0.0959. The normalized spacial score (nSPS) is 11.5. The lowest BCUT2D eigenvalue weighted by atomic mass is 9.85. The second kappa shape index (κ2) is 7.92. The molecule has 0 aromatic heterocycles. The van der Waals surface area contributed by atoms with Gasteiger partial charge >= 0.3 is 0 Å². The standard InChI is InChI=1S/C22H16BrNO/c23-20-12-10-18(11-13-20)21(14-16-4-2-1-3-5-16)22(25)19-8-6-17(15-24)7-9-19/h1-13,21H,14H2. The third kappa shape index (κ3) is 4.23. The van der Waals surface area contributed by atoms with Crippen molar-refractivity contribution in [1.82, 2.24) is 0 Å². The van der Waals surface area contributed by atoms with Gasteiger partial charge in [-0.25, -0.2) is 0 Å². The minimum absolute atomic E-state index is 0.0654. The predicted octanol–water partition coefficient (Wildman–Crippen LogP) is 5.53. The first-order valence-corrected chi connectivity index (χ1v) is 8.80. The number of Topliss-reactive ketones (excluding diaryl/α,β-unsaturated/α-hetero) is 1. The number of halogens is 1. The Labute approximate surface area is 155 Å². The summed E-state index contributed by atoms with van der Waals surface area (Å²) in [5.74, 6) is -0.195. The fourth-order valence-corrected chi connectivity index (χ4v) is 3.08. The molecule has 0 amide bonds. The third-order valence-corrected chi connectivity index (χ3v) is 4.70. The van der Waals surface area contributed by atoms with Crippen LogP contribution in [0.25, 0.3) is 0 Å². The minimum atomic E-state index is -0.261. The van der Waals surface area contributed by atoms with E-state index in [0.717, 1.165) is 15.6 Å². The van der Waals surface area contributed by atoms with Crippen LogP contribution in [-0.4, -0.2) is 5.78 Å². The van der Waals surface area contributed by atoms with Crippen molar-refractivity contribution in [2.24, 2.45) is 0 Å². The van der Waals surface area contributed by atoms with Crippen molar-refractivity contribution in [2.75, 3.05) is 0 Å². The fourth-order valence-electron chi connectivity index (χ4n) is 2.82. The quantitative estimate of drug-likeness (QED) is 0.538. The van der Waals surface area contributed by atoms with Crippen LogP contribution in [0.15, 0.2) is 83.3 Å². The number of rotatable bonds is 5. The van der Waals surface area contributed by atoms with E-state index in [1.807, 2.05) is 54.6 Å². The molecular weight excluding hydrogens is 374 g/mol. The van der Waals surface area contributed by atoms with Gasteiger partial charge in [0.1, 0.15) is 0 Å². The summed E-state index contributed by atoms with van der Waals surface area (Å²) in [5.41, 5.74) is 3.29. The zero-order valence-electron chi connectivity index (χ0n) is 13.5. The highest BCUT2D eigenvalue weighted by molar-refractivity contribution is 9.10. The Bertz CT molecular complexity index is 894. The van der Waals surface area contributed by atoms with Crippen LogP contribution in [0.2, 0.25) is 0 Å². The summed E-state index contributed by atoms with van der Waals surface area (Å²) >= 11 is 3.44. The number of hydrogen-bond acceptors (Lipinski definition) is 2. The third-order valence-electron chi connectivity index (χ3n) is 4.17. The molecule has 1 unspecified atom stereocenters. The summed E-state index contributed by atoms with van der Waals surface area (Å²) in [6, 6.07) is 26.8. The van der Waals surface area contributed by atoms with Crippen LogP contribution in [-0.2, 0) is 6.42 Å². The van der Waals surface area contributed by atoms with E-state index in [1.54, 1.807) is 24.3 Å². The van der Waals surface area contributed by atoms with Gasteiger partial charge in [-0.1, -0.05) is 70.5 Å². The number of benzene rings is 3. The Morgan fingerprint density at radius 2 is 1.56 bits per heavy atom. The first-order valence-electron chi connectivity index (χ1n) is 8.01. The van der Waals surface area contributed by atoms with Crippen LogP contribution in [0.1, 0.15) is 33.0 Å². The molecular formula is C22H16BrNO. The van der Waals surface area contributed by atoms with Gasteiger partial charge in [-0.15, -0.1) is 0 Å². The van der Waals surface area contributed by atoms with Gasteiger partial charge in [-0.2, -0.15) is 5.26 Å². The molecule has 0 aliphatic rings. The van der Waals surface area contributed by atoms with Gasteiger partial charge in [0, 0.05) is 10.0 Å². The van der Waals surface area contributed by atoms with Crippen molar-refractivity contribution in [1.29, 1.82) is 5.26 Å². The summed E-state index contributed by atoms with van der Waals surface area (Å²) in [6.45, 7) is 0. The highest BCUT2D eigenvalue weighted by Crippen LogP contribution is 2.27. The number of carbonyl (C=O) groups is 1. The van der Waals surface area contributed by atoms with E-state index >= 15 is 0 Å². The lowest BCUT2D eigenvalue weighted by Gasteiger charge is -2.17. The van der Waals surface area contributed by atoms with E-state index in [2.05, 4.69) is 22.0 Å². The Morgan fingerprint density at radius 1 is 0.920 bits per heavy atom. The molecule has 0 heterocycles. The molecule has 0 radical (unpaired) electrons. The summed E-state index contributed by atoms with van der Waals surface area (Å²) in [7, 11) is 0. The molecule has 3 aromatic carbocycles. The molecule has 1 atom stereocenters. The molecule has 25 heavy (non-hydrogen) atoms. The molecule has 3 aromatic rings. The Kier molecular flexibility index (Phi) is 5.42. The summed E-state index contributed by atoms with van der Waals surface area (Å²) in [6.07, 6.45) is 0.640. The van der Waals surface area contributed by atoms with Crippen molar-refractivity contribution in [3.05, 3.63) is 106 Å². The average molecular weight is 390 g/mol. The van der Waals surface area contributed by atoms with Crippen LogP contribution >= 0.6 is 15.9 Å². The second-order valence-electron chi connectivity index (χ2n) is 5.85. The maximum atomic E-state index is 13.1. The van der Waals surface area contributed by atoms with E-state index in [0.29, 0.717) is 17.5 Å². The first kappa shape index (κ1) is 17.1. The van der Waals surface area contributed by atoms with E-state index < -0.39 is 0 Å². The van der Waals surface area contributed by atoms with E-state index in [1.165, 1.54) is 0 Å². The molecule has 0 N–H and O–H groups in total. The summed E-state index contributed by atoms with van der Waals surface area (Å²) in [5, 5.41) is 8.94. The zero-order valence-corrected chi connectivity index (χ0v) is 15.1. The highest BCUT2D eigenvalue weighted by atomic mass is 79.9. The van der Waals surface area contributed by atoms with Crippen molar-refractivity contribution in [3.63, 3.8) is 0 Å². The SMILES string of the molecule is N#Cc1ccc(C(=O)C(Cc2ccccc2)c2ccc(Br)cc2)cc1. The fraction of sp³-hybridized carbons (Fsp3) is 0.0909. The monoisotopic (exact) mass is 389 g/mol. The minimum Gasteiger partial charge on any atom is -0.293 e. The van der Waals surface area contributed by atoms with Crippen molar-refractivity contribution in [3.8, 4) is 6.07 Å². The largest absolute Gasteiger partial charge is 0.293 e. The number of nitriles is 1. The highest BCUT2D eigenvalue weighted by Gasteiger charge is 2.22. The van der Waals surface area contributed by atoms with Gasteiger partial charge in [0.05, 0.1) is 17.6 Å². The van der Waals surface area contributed by atoms with Crippen LogP contribution in [0.5, 0.6) is 0 Å². The first-order chi connectivity index (χ1) is 12.2. The summed E-state index contributed by atoms with van der Waals surface area (Å²) < 4.78 is 0.987. The van der Waals surface area contributed by atoms with Crippen molar-refractivity contribution >= 4 is 21.7 Å². The van der Waals surface area contributed by atoms with Crippen LogP contribution in [0, 0.1) is 11.3 Å². The Hall–Kier alpha value is -2.70. The van der Waals surface area contributed by atoms with E-state index in [4.69, 9.17) is 5.26 Å². The number of hydrogen-bond donors (Lipinski definition) is 0. The molecule has 2 nitrogen and oxygen atoms in total. The van der Waals surface area contributed by atoms with Crippen molar-refractivity contribution in [2.45, 2.75) is 12.3 Å². The number of nitrogens with zero attached hydrogens (tertiary/aromatic N) is 1. The van der Waals surface area contributed by atoms with E-state index in [9.17, 15) is 4.79 Å². The molecule has 0 fully saturated rings. The molecule has 0 aliphatic carbocycles. The molecule has 0 saturated heterocycles. The Balaban J connectivity index is 1.95. The van der Waals surface area contributed by atoms with Gasteiger partial charge in [-0.05, 0) is 41.8 Å². The molecule has 122 valence electrons. The van der Waals surface area contributed by atoms with Crippen LogP contribution in [0.4, 0.5) is 0 Å². The molecule has 0 bridgehead atoms. The van der Waals surface area contributed by atoms with Gasteiger partial charge in [0.25, 0.3) is 0 Å². The maximum Gasteiger partial charge on any atom is 0.170 e. The summed E-state index contributed by atoms with van der Waals surface area (Å²) in [4.78, 5) is 13.1. The molecule has 0 saturated carbocycles. The van der Waals surface area contributed by atoms with Crippen LogP contribution in [0.3, 0.4) is 0 Å². The van der Waals surface area contributed by atoms with Gasteiger partial charge < -0.3 is 0 Å². The molecule has 3 heteroatoms. The Morgan fingerprint density at radius 3 is 2.16 bits per heavy atom. The van der Waals surface area contributed by atoms with Crippen LogP contribution < -0.4 is 0 Å². The smallest absolute Gasteiger partial charge is 0.170 e. The van der Waals surface area contributed by atoms with Gasteiger partial charge in [0.15, 0.2) is 5.78 Å². The van der Waals surface area contributed by atoms with Gasteiger partial charge in [-0.3, -0.25) is 4.79 Å². The van der Waals surface area contributed by atoms with E-state index in [-0.39, 0.29) is 11.7 Å². The number of ketones is 1. The average Bonchev–Trinajstić information content (AvgIpc) is 2.67. The molecule has 3 rings (SSSR count). The topological polar surface area (TPSA) is 40.9 Å². The second-order valence-corrected chi connectivity index (χ2v) is 6.76. The number of carbonyl (C=O) groups excluding carboxylic acids is 1. The van der Waals surface area contributed by atoms with Crippen molar-refractivity contribution < 1.29 is 4.79 Å². The maximum absolute atomic E-state index is 13.1. The molecule has 0 aliphatic heterocycles. The lowest BCUT2D eigenvalue weighted by Crippen LogP contribution is -2.16. The predicted molar refractivity (Wildman–Crippen MR) is 103 cm³/mol. The zero-order chi connectivity index (χ0) is 17.6. The molecule has 0 spiro atoms.